The number of pyridine rings is 1. The monoisotopic (exact) mass is 407 g/mol. The molecule has 7 nitrogen and oxygen atoms in total. The number of benzene rings is 1. The molecule has 0 amide bonds. The Labute approximate surface area is 162 Å². The molecule has 0 aliphatic carbocycles. The summed E-state index contributed by atoms with van der Waals surface area (Å²) in [5, 5.41) is 9.09. The highest BCUT2D eigenvalue weighted by molar-refractivity contribution is 7.09. The Bertz CT molecular complexity index is 937. The van der Waals surface area contributed by atoms with Gasteiger partial charge in [-0.2, -0.15) is 13.8 Å². The van der Waals surface area contributed by atoms with Crippen molar-refractivity contribution in [1.29, 1.82) is 0 Å². The maximum atomic E-state index is 12.5. The number of alkyl halides is 2. The third-order valence-corrected chi connectivity index (χ3v) is 4.48. The van der Waals surface area contributed by atoms with Gasteiger partial charge in [0.1, 0.15) is 5.82 Å². The van der Waals surface area contributed by atoms with E-state index in [4.69, 9.17) is 9.84 Å². The first-order valence-corrected chi connectivity index (χ1v) is 8.84. The van der Waals surface area contributed by atoms with E-state index in [0.29, 0.717) is 18.1 Å². The zero-order valence-corrected chi connectivity index (χ0v) is 15.4. The predicted octanol–water partition coefficient (Wildman–Crippen LogP) is 4.18. The number of carboxylic acids is 1. The summed E-state index contributed by atoms with van der Waals surface area (Å²) >= 11 is 1.44. The number of nitrogens with zero attached hydrogens (tertiary/aromatic N) is 3. The molecule has 28 heavy (non-hydrogen) atoms. The first-order chi connectivity index (χ1) is 13.5. The lowest BCUT2D eigenvalue weighted by Crippen LogP contribution is -2.18. The van der Waals surface area contributed by atoms with Crippen molar-refractivity contribution in [3.63, 3.8) is 0 Å². The number of aromatic nitrogens is 2. The van der Waals surface area contributed by atoms with E-state index in [9.17, 15) is 13.6 Å². The smallest absolute Gasteiger partial charge is 0.387 e. The zero-order valence-electron chi connectivity index (χ0n) is 14.6. The zero-order chi connectivity index (χ0) is 20.1. The van der Waals surface area contributed by atoms with Crippen molar-refractivity contribution in [2.45, 2.75) is 13.2 Å². The lowest BCUT2D eigenvalue weighted by molar-refractivity contribution is -0.0515. The Hall–Kier alpha value is -3.27. The van der Waals surface area contributed by atoms with Crippen LogP contribution in [0.1, 0.15) is 15.2 Å². The van der Waals surface area contributed by atoms with Gasteiger partial charge in [-0.1, -0.05) is 0 Å². The van der Waals surface area contributed by atoms with Crippen molar-refractivity contribution in [3.8, 4) is 11.6 Å². The number of carbonyl (C=O) groups is 1. The minimum atomic E-state index is -3.00. The van der Waals surface area contributed by atoms with Gasteiger partial charge in [-0.3, -0.25) is 4.98 Å². The highest BCUT2D eigenvalue weighted by atomic mass is 32.1. The van der Waals surface area contributed by atoms with Crippen LogP contribution in [0.2, 0.25) is 0 Å². The molecule has 1 N–H and O–H groups in total. The van der Waals surface area contributed by atoms with Crippen LogP contribution in [0.5, 0.6) is 11.6 Å². The number of halogens is 2. The molecule has 0 saturated carbocycles. The number of anilines is 2. The Morgan fingerprint density at radius 3 is 2.57 bits per heavy atom. The highest BCUT2D eigenvalue weighted by Crippen LogP contribution is 2.33. The Kier molecular flexibility index (Phi) is 5.99. The third-order valence-electron chi connectivity index (χ3n) is 3.72. The summed E-state index contributed by atoms with van der Waals surface area (Å²) in [5.41, 5.74) is 2.50. The van der Waals surface area contributed by atoms with Crippen molar-refractivity contribution in [2.75, 3.05) is 12.0 Å². The summed E-state index contributed by atoms with van der Waals surface area (Å²) in [6, 6.07) is 9.10. The fourth-order valence-electron chi connectivity index (χ4n) is 2.46. The molecule has 3 aromatic rings. The molecule has 10 heteroatoms. The largest absolute Gasteiger partial charge is 0.478 e. The second-order valence-corrected chi connectivity index (χ2v) is 6.43. The van der Waals surface area contributed by atoms with E-state index in [2.05, 4.69) is 14.7 Å². The van der Waals surface area contributed by atoms with Crippen LogP contribution in [0.15, 0.2) is 48.1 Å². The van der Waals surface area contributed by atoms with Crippen LogP contribution in [0.25, 0.3) is 0 Å². The normalized spacial score (nSPS) is 10.7. The number of hydrogen-bond donors (Lipinski definition) is 1. The van der Waals surface area contributed by atoms with Gasteiger partial charge in [-0.05, 0) is 36.4 Å². The fourth-order valence-corrected chi connectivity index (χ4v) is 3.05. The minimum Gasteiger partial charge on any atom is -0.478 e. The summed E-state index contributed by atoms with van der Waals surface area (Å²) in [5.74, 6) is -0.890. The van der Waals surface area contributed by atoms with Gasteiger partial charge in [0.05, 0.1) is 24.7 Å². The molecular weight excluding hydrogens is 392 g/mol. The second-order valence-electron chi connectivity index (χ2n) is 5.46. The van der Waals surface area contributed by atoms with Crippen molar-refractivity contribution in [3.05, 3.63) is 58.5 Å². The molecule has 0 aliphatic heterocycles. The van der Waals surface area contributed by atoms with Gasteiger partial charge in [0.15, 0.2) is 5.75 Å². The van der Waals surface area contributed by atoms with Crippen LogP contribution in [0.3, 0.4) is 0 Å². The SMILES string of the molecule is COc1nc(N(Cc2cncs2)c2ccc(C(=O)O)cc2)ccc1OC(F)F. The number of carboxylic acid groups (broad SMARTS) is 1. The lowest BCUT2D eigenvalue weighted by Gasteiger charge is -2.24. The summed E-state index contributed by atoms with van der Waals surface area (Å²) in [6.45, 7) is -2.61. The standard InChI is InChI=1S/C18H15F2N3O4S/c1-26-16-14(27-18(19)20)6-7-15(22-16)23(9-13-8-21-10-28-13)12-4-2-11(3-5-12)17(24)25/h2-8,10,18H,9H2,1H3,(H,24,25). The molecular formula is C18H15F2N3O4S. The van der Waals surface area contributed by atoms with E-state index in [1.165, 1.54) is 42.7 Å². The van der Waals surface area contributed by atoms with E-state index in [1.54, 1.807) is 28.7 Å². The van der Waals surface area contributed by atoms with Crippen molar-refractivity contribution < 1.29 is 28.2 Å². The molecule has 0 saturated heterocycles. The fraction of sp³-hybridized carbons (Fsp3) is 0.167. The van der Waals surface area contributed by atoms with Crippen LogP contribution in [-0.2, 0) is 6.54 Å². The van der Waals surface area contributed by atoms with E-state index in [0.717, 1.165) is 4.88 Å². The van der Waals surface area contributed by atoms with Gasteiger partial charge in [0.2, 0.25) is 0 Å². The first-order valence-electron chi connectivity index (χ1n) is 7.96. The number of rotatable bonds is 8. The van der Waals surface area contributed by atoms with Crippen LogP contribution >= 0.6 is 11.3 Å². The molecule has 0 spiro atoms. The number of thiazole rings is 1. The molecule has 0 aliphatic rings. The molecule has 3 rings (SSSR count). The van der Waals surface area contributed by atoms with Crippen molar-refractivity contribution in [1.82, 2.24) is 9.97 Å². The summed E-state index contributed by atoms with van der Waals surface area (Å²) in [6.07, 6.45) is 1.70. The predicted molar refractivity (Wildman–Crippen MR) is 98.8 cm³/mol. The molecule has 1 aromatic carbocycles. The van der Waals surface area contributed by atoms with Crippen molar-refractivity contribution >= 4 is 28.8 Å². The topological polar surface area (TPSA) is 84.8 Å². The molecule has 2 aromatic heterocycles. The average molecular weight is 407 g/mol. The molecule has 0 radical (unpaired) electrons. The first kappa shape index (κ1) is 19.5. The molecule has 146 valence electrons. The summed E-state index contributed by atoms with van der Waals surface area (Å²) in [7, 11) is 1.31. The lowest BCUT2D eigenvalue weighted by atomic mass is 10.2. The molecule has 0 fully saturated rings. The van der Waals surface area contributed by atoms with E-state index in [-0.39, 0.29) is 17.2 Å². The quantitative estimate of drug-likeness (QED) is 0.599. The van der Waals surface area contributed by atoms with E-state index in [1.807, 2.05) is 0 Å². The third kappa shape index (κ3) is 4.52. The van der Waals surface area contributed by atoms with E-state index >= 15 is 0 Å². The van der Waals surface area contributed by atoms with E-state index < -0.39 is 12.6 Å². The van der Waals surface area contributed by atoms with Crippen LogP contribution < -0.4 is 14.4 Å². The highest BCUT2D eigenvalue weighted by Gasteiger charge is 2.18. The minimum absolute atomic E-state index is 0.0886. The number of aromatic carboxylic acids is 1. The van der Waals surface area contributed by atoms with Gasteiger partial charge >= 0.3 is 12.6 Å². The van der Waals surface area contributed by atoms with Gasteiger partial charge in [0, 0.05) is 16.8 Å². The van der Waals surface area contributed by atoms with Gasteiger partial charge in [-0.15, -0.1) is 11.3 Å². The molecule has 0 atom stereocenters. The van der Waals surface area contributed by atoms with Crippen molar-refractivity contribution in [2.24, 2.45) is 0 Å². The number of ether oxygens (including phenoxy) is 2. The van der Waals surface area contributed by atoms with Gasteiger partial charge in [0.25, 0.3) is 5.88 Å². The number of methoxy groups -OCH3 is 1. The Morgan fingerprint density at radius 1 is 1.25 bits per heavy atom. The van der Waals surface area contributed by atoms with Crippen LogP contribution in [-0.4, -0.2) is 34.8 Å². The Morgan fingerprint density at radius 2 is 2.00 bits per heavy atom. The Balaban J connectivity index is 1.99. The maximum Gasteiger partial charge on any atom is 0.387 e. The number of hydrogen-bond acceptors (Lipinski definition) is 7. The molecule has 2 heterocycles. The van der Waals surface area contributed by atoms with Crippen LogP contribution in [0.4, 0.5) is 20.3 Å². The average Bonchev–Trinajstić information content (AvgIpc) is 3.19. The maximum absolute atomic E-state index is 12.5. The summed E-state index contributed by atoms with van der Waals surface area (Å²) in [4.78, 5) is 22.1. The second kappa shape index (κ2) is 8.61. The van der Waals surface area contributed by atoms with Gasteiger partial charge in [-0.25, -0.2) is 4.79 Å². The van der Waals surface area contributed by atoms with Crippen LogP contribution in [0, 0.1) is 0 Å². The molecule has 0 unspecified atom stereocenters. The molecule has 0 bridgehead atoms. The van der Waals surface area contributed by atoms with Gasteiger partial charge < -0.3 is 19.5 Å². The summed E-state index contributed by atoms with van der Waals surface area (Å²) < 4.78 is 34.6.